The average Bonchev–Trinajstić information content (AvgIpc) is 3.16. The summed E-state index contributed by atoms with van der Waals surface area (Å²) in [6, 6.07) is 15.6. The predicted molar refractivity (Wildman–Crippen MR) is 108 cm³/mol. The maximum absolute atomic E-state index is 12.3. The van der Waals surface area contributed by atoms with Gasteiger partial charge >= 0.3 is 0 Å². The van der Waals surface area contributed by atoms with E-state index < -0.39 is 0 Å². The minimum Gasteiger partial charge on any atom is -0.309 e. The van der Waals surface area contributed by atoms with Crippen LogP contribution in [0.25, 0.3) is 22.3 Å². The second-order valence-corrected chi connectivity index (χ2v) is 7.55. The van der Waals surface area contributed by atoms with E-state index in [1.54, 1.807) is 6.07 Å². The largest absolute Gasteiger partial charge is 0.309 e. The lowest BCUT2D eigenvalue weighted by atomic mass is 10.1. The van der Waals surface area contributed by atoms with Crippen LogP contribution in [0.5, 0.6) is 0 Å². The Bertz CT molecular complexity index is 1130. The van der Waals surface area contributed by atoms with E-state index in [0.717, 1.165) is 17.8 Å². The van der Waals surface area contributed by atoms with Gasteiger partial charge < -0.3 is 4.98 Å². The molecule has 7 heteroatoms. The Hall–Kier alpha value is -2.93. The third-order valence-electron chi connectivity index (χ3n) is 4.40. The number of aromatic amines is 2. The number of fused-ring (bicyclic) bond motifs is 1. The first-order valence-electron chi connectivity index (χ1n) is 8.81. The number of thioether (sulfide) groups is 1. The van der Waals surface area contributed by atoms with Crippen molar-refractivity contribution in [2.24, 2.45) is 0 Å². The molecule has 0 saturated heterocycles. The van der Waals surface area contributed by atoms with E-state index in [1.807, 2.05) is 37.3 Å². The molecule has 0 amide bonds. The van der Waals surface area contributed by atoms with Crippen LogP contribution in [0.1, 0.15) is 30.5 Å². The highest BCUT2D eigenvalue weighted by atomic mass is 32.2. The third kappa shape index (κ3) is 3.64. The molecule has 0 bridgehead atoms. The quantitative estimate of drug-likeness (QED) is 0.511. The third-order valence-corrected chi connectivity index (χ3v) is 5.37. The van der Waals surface area contributed by atoms with Gasteiger partial charge in [0.2, 0.25) is 5.16 Å². The van der Waals surface area contributed by atoms with Gasteiger partial charge in [0.05, 0.1) is 16.2 Å². The van der Waals surface area contributed by atoms with Crippen LogP contribution < -0.4 is 5.56 Å². The zero-order chi connectivity index (χ0) is 18.8. The van der Waals surface area contributed by atoms with Gasteiger partial charge in [-0.05, 0) is 31.0 Å². The molecule has 2 N–H and O–H groups in total. The van der Waals surface area contributed by atoms with Crippen LogP contribution in [0.15, 0.2) is 58.5 Å². The summed E-state index contributed by atoms with van der Waals surface area (Å²) in [5.41, 5.74) is 2.84. The van der Waals surface area contributed by atoms with Crippen molar-refractivity contribution < 1.29 is 0 Å². The number of hydrogen-bond acceptors (Lipinski definition) is 5. The van der Waals surface area contributed by atoms with Gasteiger partial charge in [0, 0.05) is 5.56 Å². The van der Waals surface area contributed by atoms with Gasteiger partial charge in [0.1, 0.15) is 5.82 Å². The van der Waals surface area contributed by atoms with Crippen molar-refractivity contribution in [2.45, 2.75) is 30.7 Å². The van der Waals surface area contributed by atoms with E-state index in [-0.39, 0.29) is 10.8 Å². The molecule has 0 spiro atoms. The normalized spacial score (nSPS) is 12.4. The second kappa shape index (κ2) is 7.36. The Balaban J connectivity index is 1.55. The van der Waals surface area contributed by atoms with Gasteiger partial charge in [-0.3, -0.25) is 9.89 Å². The van der Waals surface area contributed by atoms with Gasteiger partial charge in [0.15, 0.2) is 5.82 Å². The van der Waals surface area contributed by atoms with E-state index in [1.165, 1.54) is 17.3 Å². The maximum Gasteiger partial charge on any atom is 0.258 e. The zero-order valence-corrected chi connectivity index (χ0v) is 15.9. The van der Waals surface area contributed by atoms with Crippen molar-refractivity contribution in [3.8, 4) is 11.4 Å². The Morgan fingerprint density at radius 2 is 1.85 bits per heavy atom. The Morgan fingerprint density at radius 3 is 2.63 bits per heavy atom. The Morgan fingerprint density at radius 1 is 1.07 bits per heavy atom. The molecule has 0 unspecified atom stereocenters. The molecular formula is C20H19N5OS. The molecule has 4 aromatic rings. The number of rotatable bonds is 5. The zero-order valence-electron chi connectivity index (χ0n) is 15.1. The first-order chi connectivity index (χ1) is 13.1. The molecule has 6 nitrogen and oxygen atoms in total. The molecule has 0 aliphatic carbocycles. The average molecular weight is 377 g/mol. The highest BCUT2D eigenvalue weighted by molar-refractivity contribution is 7.99. The summed E-state index contributed by atoms with van der Waals surface area (Å²) in [7, 11) is 0. The summed E-state index contributed by atoms with van der Waals surface area (Å²) >= 11 is 1.45. The summed E-state index contributed by atoms with van der Waals surface area (Å²) in [6.07, 6.45) is 1.01. The lowest BCUT2D eigenvalue weighted by Crippen LogP contribution is -2.12. The summed E-state index contributed by atoms with van der Waals surface area (Å²) < 4.78 is 0. The molecule has 2 heterocycles. The smallest absolute Gasteiger partial charge is 0.258 e. The molecular weight excluding hydrogens is 358 g/mol. The van der Waals surface area contributed by atoms with E-state index >= 15 is 0 Å². The number of aryl methyl sites for hydroxylation is 1. The molecule has 0 saturated carbocycles. The molecule has 2 aromatic carbocycles. The molecule has 0 radical (unpaired) electrons. The minimum absolute atomic E-state index is 0.0894. The molecule has 4 rings (SSSR count). The molecule has 0 aliphatic rings. The highest BCUT2D eigenvalue weighted by Crippen LogP contribution is 2.31. The summed E-state index contributed by atoms with van der Waals surface area (Å²) in [4.78, 5) is 24.3. The van der Waals surface area contributed by atoms with E-state index in [9.17, 15) is 4.79 Å². The van der Waals surface area contributed by atoms with Gasteiger partial charge in [0.25, 0.3) is 5.56 Å². The van der Waals surface area contributed by atoms with Crippen molar-refractivity contribution in [2.75, 3.05) is 0 Å². The van der Waals surface area contributed by atoms with Gasteiger partial charge in [-0.1, -0.05) is 55.1 Å². The topological polar surface area (TPSA) is 87.3 Å². The number of para-hydroxylation sites is 1. The van der Waals surface area contributed by atoms with Crippen molar-refractivity contribution in [3.05, 3.63) is 70.3 Å². The maximum atomic E-state index is 12.3. The molecule has 27 heavy (non-hydrogen) atoms. The Kier molecular flexibility index (Phi) is 4.77. The van der Waals surface area contributed by atoms with Gasteiger partial charge in [-0.15, -0.1) is 5.10 Å². The van der Waals surface area contributed by atoms with E-state index in [0.29, 0.717) is 21.9 Å². The molecule has 0 aliphatic heterocycles. The van der Waals surface area contributed by atoms with Crippen molar-refractivity contribution in [3.63, 3.8) is 0 Å². The first-order valence-corrected chi connectivity index (χ1v) is 9.69. The summed E-state index contributed by atoms with van der Waals surface area (Å²) in [5, 5.41) is 8.40. The van der Waals surface area contributed by atoms with Crippen LogP contribution in [-0.4, -0.2) is 25.1 Å². The van der Waals surface area contributed by atoms with Crippen LogP contribution in [0.3, 0.4) is 0 Å². The minimum atomic E-state index is -0.130. The second-order valence-electron chi connectivity index (χ2n) is 6.25. The molecule has 2 aromatic heterocycles. The van der Waals surface area contributed by atoms with Crippen molar-refractivity contribution in [1.82, 2.24) is 25.1 Å². The number of benzene rings is 2. The van der Waals surface area contributed by atoms with Gasteiger partial charge in [-0.2, -0.15) is 0 Å². The summed E-state index contributed by atoms with van der Waals surface area (Å²) in [5.74, 6) is 1.34. The monoisotopic (exact) mass is 377 g/mol. The predicted octanol–water partition coefficient (Wildman–Crippen LogP) is 4.12. The van der Waals surface area contributed by atoms with Crippen molar-refractivity contribution in [1.29, 1.82) is 0 Å². The van der Waals surface area contributed by atoms with Crippen LogP contribution >= 0.6 is 11.8 Å². The fraction of sp³-hybridized carbons (Fsp3) is 0.200. The number of H-pyrrole nitrogens is 2. The molecule has 1 atom stereocenters. The molecule has 136 valence electrons. The number of nitrogens with one attached hydrogen (secondary N) is 2. The lowest BCUT2D eigenvalue weighted by molar-refractivity contribution is 0.904. The number of aromatic nitrogens is 5. The van der Waals surface area contributed by atoms with Crippen molar-refractivity contribution >= 4 is 22.7 Å². The fourth-order valence-corrected chi connectivity index (χ4v) is 3.62. The van der Waals surface area contributed by atoms with E-state index in [4.69, 9.17) is 0 Å². The van der Waals surface area contributed by atoms with Crippen LogP contribution in [0, 0.1) is 0 Å². The number of nitrogens with zero attached hydrogens (tertiary/aromatic N) is 3. The standard InChI is InChI=1S/C20H19N5OS/c1-3-13-8-10-14(11-9-13)18-23-20(25-24-18)27-12(2)17-21-16-7-5-4-6-15(16)19(26)22-17/h4-12H,3H2,1-2H3,(H,21,22,26)(H,23,24,25)/t12-/m1/s1. The highest BCUT2D eigenvalue weighted by Gasteiger charge is 2.15. The molecule has 0 fully saturated rings. The van der Waals surface area contributed by atoms with Crippen LogP contribution in [0.4, 0.5) is 0 Å². The van der Waals surface area contributed by atoms with Gasteiger partial charge in [-0.25, -0.2) is 9.97 Å². The fourth-order valence-electron chi connectivity index (χ4n) is 2.84. The van der Waals surface area contributed by atoms with Crippen LogP contribution in [-0.2, 0) is 6.42 Å². The first kappa shape index (κ1) is 17.5. The van der Waals surface area contributed by atoms with Crippen LogP contribution in [0.2, 0.25) is 0 Å². The Labute approximate surface area is 160 Å². The van der Waals surface area contributed by atoms with E-state index in [2.05, 4.69) is 44.2 Å². The SMILES string of the molecule is CCc1ccc(-c2nc(S[C@H](C)c3nc4ccccc4c(=O)[nH]3)n[nH]2)cc1. The summed E-state index contributed by atoms with van der Waals surface area (Å²) in [6.45, 7) is 4.11. The lowest BCUT2D eigenvalue weighted by Gasteiger charge is -2.08. The number of hydrogen-bond donors (Lipinski definition) is 2.